The van der Waals surface area contributed by atoms with Crippen LogP contribution in [0.5, 0.6) is 0 Å². The van der Waals surface area contributed by atoms with Gasteiger partial charge in [0.2, 0.25) is 5.91 Å². The molecule has 1 amide bonds. The van der Waals surface area contributed by atoms with Crippen LogP contribution in [0.25, 0.3) is 32.9 Å². The van der Waals surface area contributed by atoms with Crippen LogP contribution in [0.1, 0.15) is 13.3 Å². The zero-order valence-electron chi connectivity index (χ0n) is 16.6. The van der Waals surface area contributed by atoms with Gasteiger partial charge in [-0.15, -0.1) is 0 Å². The van der Waals surface area contributed by atoms with Gasteiger partial charge in [0.1, 0.15) is 0 Å². The van der Waals surface area contributed by atoms with Gasteiger partial charge < -0.3 is 14.3 Å². The quantitative estimate of drug-likeness (QED) is 0.464. The number of aryl methyl sites for hydroxylation is 2. The van der Waals surface area contributed by atoms with Crippen LogP contribution in [0.2, 0.25) is 0 Å². The van der Waals surface area contributed by atoms with E-state index in [0.29, 0.717) is 11.1 Å². The minimum Gasteiger partial charge on any atom is -0.408 e. The standard InChI is InChI=1S/C24H21N3O3/c1-2-26-19-8-4-3-7-17(19)18-15-16(11-12-20(18)26)25-23(28)13-14-27-21-9-5-6-10-22(21)30-24(27)29/h3-12,15H,2,13-14H2,1H3,(H,25,28). The predicted molar refractivity (Wildman–Crippen MR) is 119 cm³/mol. The molecule has 150 valence electrons. The van der Waals surface area contributed by atoms with Crippen LogP contribution in [0.3, 0.4) is 0 Å². The summed E-state index contributed by atoms with van der Waals surface area (Å²) >= 11 is 0. The lowest BCUT2D eigenvalue weighted by Crippen LogP contribution is -2.19. The van der Waals surface area contributed by atoms with Gasteiger partial charge in [-0.1, -0.05) is 30.3 Å². The summed E-state index contributed by atoms with van der Waals surface area (Å²) in [5, 5.41) is 5.24. The van der Waals surface area contributed by atoms with Crippen LogP contribution in [0.15, 0.2) is 75.9 Å². The maximum Gasteiger partial charge on any atom is 0.419 e. The Bertz CT molecular complexity index is 1460. The van der Waals surface area contributed by atoms with Gasteiger partial charge in [0, 0.05) is 47.0 Å². The first-order chi connectivity index (χ1) is 14.7. The van der Waals surface area contributed by atoms with Crippen LogP contribution in [0, 0.1) is 0 Å². The summed E-state index contributed by atoms with van der Waals surface area (Å²) in [4.78, 5) is 24.6. The molecule has 2 heterocycles. The molecule has 0 spiro atoms. The first-order valence-electron chi connectivity index (χ1n) is 10.0. The fraction of sp³-hybridized carbons (Fsp3) is 0.167. The molecule has 0 aliphatic carbocycles. The molecular weight excluding hydrogens is 378 g/mol. The van der Waals surface area contributed by atoms with E-state index in [1.54, 1.807) is 6.07 Å². The van der Waals surface area contributed by atoms with E-state index in [9.17, 15) is 9.59 Å². The number of rotatable bonds is 5. The number of oxazole rings is 1. The molecule has 6 heteroatoms. The number of hydrogen-bond acceptors (Lipinski definition) is 3. The fourth-order valence-electron chi connectivity index (χ4n) is 4.13. The van der Waals surface area contributed by atoms with Crippen molar-refractivity contribution in [2.75, 3.05) is 5.32 Å². The van der Waals surface area contributed by atoms with Crippen molar-refractivity contribution in [2.24, 2.45) is 0 Å². The lowest BCUT2D eigenvalue weighted by atomic mass is 10.1. The van der Waals surface area contributed by atoms with Gasteiger partial charge in [-0.25, -0.2) is 4.79 Å². The van der Waals surface area contributed by atoms with Crippen molar-refractivity contribution in [3.05, 3.63) is 77.3 Å². The van der Waals surface area contributed by atoms with E-state index >= 15 is 0 Å². The Hall–Kier alpha value is -3.80. The van der Waals surface area contributed by atoms with E-state index in [1.165, 1.54) is 15.5 Å². The van der Waals surface area contributed by atoms with E-state index in [4.69, 9.17) is 4.42 Å². The Morgan fingerprint density at radius 1 is 0.900 bits per heavy atom. The summed E-state index contributed by atoms with van der Waals surface area (Å²) in [6.07, 6.45) is 0.179. The molecule has 0 saturated carbocycles. The van der Waals surface area contributed by atoms with Gasteiger partial charge in [-0.2, -0.15) is 0 Å². The number of nitrogens with one attached hydrogen (secondary N) is 1. The predicted octanol–water partition coefficient (Wildman–Crippen LogP) is 4.75. The van der Waals surface area contributed by atoms with Crippen LogP contribution >= 0.6 is 0 Å². The zero-order valence-corrected chi connectivity index (χ0v) is 16.6. The summed E-state index contributed by atoms with van der Waals surface area (Å²) in [5.74, 6) is -0.594. The van der Waals surface area contributed by atoms with E-state index in [1.807, 2.05) is 48.5 Å². The second-order valence-electron chi connectivity index (χ2n) is 7.28. The zero-order chi connectivity index (χ0) is 20.7. The summed E-state index contributed by atoms with van der Waals surface area (Å²) in [6.45, 7) is 3.27. The first-order valence-corrected chi connectivity index (χ1v) is 10.0. The fourth-order valence-corrected chi connectivity index (χ4v) is 4.13. The molecule has 2 aromatic heterocycles. The molecule has 0 aliphatic heterocycles. The second kappa shape index (κ2) is 7.22. The molecule has 30 heavy (non-hydrogen) atoms. The van der Waals surface area contributed by atoms with Crippen LogP contribution in [0.4, 0.5) is 5.69 Å². The van der Waals surface area contributed by atoms with Crippen molar-refractivity contribution in [1.82, 2.24) is 9.13 Å². The van der Waals surface area contributed by atoms with Gasteiger partial charge in [0.25, 0.3) is 0 Å². The Morgan fingerprint density at radius 3 is 2.47 bits per heavy atom. The highest BCUT2D eigenvalue weighted by molar-refractivity contribution is 6.09. The third kappa shape index (κ3) is 2.97. The van der Waals surface area contributed by atoms with Gasteiger partial charge >= 0.3 is 5.76 Å². The largest absolute Gasteiger partial charge is 0.419 e. The maximum atomic E-state index is 12.6. The highest BCUT2D eigenvalue weighted by atomic mass is 16.4. The Labute approximate surface area is 172 Å². The molecule has 5 aromatic rings. The monoisotopic (exact) mass is 399 g/mol. The van der Waals surface area contributed by atoms with E-state index in [0.717, 1.165) is 23.1 Å². The van der Waals surface area contributed by atoms with Crippen molar-refractivity contribution >= 4 is 44.5 Å². The molecule has 0 fully saturated rings. The van der Waals surface area contributed by atoms with Gasteiger partial charge in [0.15, 0.2) is 5.58 Å². The van der Waals surface area contributed by atoms with Gasteiger partial charge in [-0.05, 0) is 43.3 Å². The van der Waals surface area contributed by atoms with E-state index in [2.05, 4.69) is 28.9 Å². The van der Waals surface area contributed by atoms with Crippen molar-refractivity contribution in [1.29, 1.82) is 0 Å². The van der Waals surface area contributed by atoms with Crippen LogP contribution in [-0.2, 0) is 17.9 Å². The number of para-hydroxylation sites is 3. The molecule has 0 aliphatic rings. The average Bonchev–Trinajstić information content (AvgIpc) is 3.25. The smallest absolute Gasteiger partial charge is 0.408 e. The second-order valence-corrected chi connectivity index (χ2v) is 7.28. The lowest BCUT2D eigenvalue weighted by Gasteiger charge is -2.07. The number of anilines is 1. The van der Waals surface area contributed by atoms with Crippen molar-refractivity contribution in [3.8, 4) is 0 Å². The molecule has 1 N–H and O–H groups in total. The minimum absolute atomic E-state index is 0.147. The van der Waals surface area contributed by atoms with Gasteiger partial charge in [-0.3, -0.25) is 9.36 Å². The topological polar surface area (TPSA) is 69.2 Å². The molecule has 0 saturated heterocycles. The number of fused-ring (bicyclic) bond motifs is 4. The SMILES string of the molecule is CCn1c2ccccc2c2cc(NC(=O)CCn3c(=O)oc4ccccc43)ccc21. The third-order valence-corrected chi connectivity index (χ3v) is 5.51. The van der Waals surface area contributed by atoms with Crippen LogP contribution in [-0.4, -0.2) is 15.0 Å². The molecule has 6 nitrogen and oxygen atoms in total. The number of carbonyl (C=O) groups excluding carboxylic acids is 1. The van der Waals surface area contributed by atoms with E-state index in [-0.39, 0.29) is 18.9 Å². The van der Waals surface area contributed by atoms with Crippen molar-refractivity contribution in [3.63, 3.8) is 0 Å². The maximum absolute atomic E-state index is 12.6. The molecule has 0 unspecified atom stereocenters. The van der Waals surface area contributed by atoms with Gasteiger partial charge in [0.05, 0.1) is 5.52 Å². The molecule has 0 atom stereocenters. The number of aromatic nitrogens is 2. The molecular formula is C24H21N3O3. The summed E-state index contributed by atoms with van der Waals surface area (Å²) < 4.78 is 8.99. The van der Waals surface area contributed by atoms with Crippen molar-refractivity contribution in [2.45, 2.75) is 26.4 Å². The highest BCUT2D eigenvalue weighted by Crippen LogP contribution is 2.31. The van der Waals surface area contributed by atoms with E-state index < -0.39 is 5.76 Å². The number of nitrogens with zero attached hydrogens (tertiary/aromatic N) is 2. The number of carbonyl (C=O) groups is 1. The summed E-state index contributed by atoms with van der Waals surface area (Å²) in [6, 6.07) is 21.5. The minimum atomic E-state index is -0.446. The average molecular weight is 399 g/mol. The summed E-state index contributed by atoms with van der Waals surface area (Å²) in [7, 11) is 0. The van der Waals surface area contributed by atoms with Crippen LogP contribution < -0.4 is 11.1 Å². The number of benzene rings is 3. The lowest BCUT2D eigenvalue weighted by molar-refractivity contribution is -0.116. The number of hydrogen-bond donors (Lipinski definition) is 1. The first kappa shape index (κ1) is 18.2. The Morgan fingerprint density at radius 2 is 1.63 bits per heavy atom. The normalized spacial score (nSPS) is 11.5. The molecule has 0 radical (unpaired) electrons. The number of amides is 1. The highest BCUT2D eigenvalue weighted by Gasteiger charge is 2.13. The Balaban J connectivity index is 1.39. The molecule has 3 aromatic carbocycles. The van der Waals surface area contributed by atoms with Crippen molar-refractivity contribution < 1.29 is 9.21 Å². The molecule has 5 rings (SSSR count). The Kier molecular flexibility index (Phi) is 4.39. The third-order valence-electron chi connectivity index (χ3n) is 5.51. The molecule has 0 bridgehead atoms. The summed E-state index contributed by atoms with van der Waals surface area (Å²) in [5.41, 5.74) is 4.30.